The molecule has 106 valence electrons. The Kier molecular flexibility index (Phi) is 4.49. The van der Waals surface area contributed by atoms with Crippen molar-refractivity contribution in [2.75, 3.05) is 5.32 Å². The van der Waals surface area contributed by atoms with Crippen molar-refractivity contribution in [1.82, 2.24) is 10.1 Å². The van der Waals surface area contributed by atoms with Gasteiger partial charge in [0.1, 0.15) is 0 Å². The lowest BCUT2D eigenvalue weighted by molar-refractivity contribution is 0.378. The van der Waals surface area contributed by atoms with Gasteiger partial charge in [-0.25, -0.2) is 0 Å². The molecule has 3 aromatic rings. The molecule has 1 N–H and O–H groups in total. The first-order valence-electron chi connectivity index (χ1n) is 6.64. The van der Waals surface area contributed by atoms with E-state index in [9.17, 15) is 0 Å². The Labute approximate surface area is 136 Å². The number of hydrogen-bond donors (Lipinski definition) is 1. The monoisotopic (exact) mass is 391 g/mol. The van der Waals surface area contributed by atoms with Crippen LogP contribution >= 0.6 is 22.6 Å². The lowest BCUT2D eigenvalue weighted by atomic mass is 10.1. The zero-order chi connectivity index (χ0) is 14.5. The maximum Gasteiger partial charge on any atom is 0.245 e. The minimum absolute atomic E-state index is 0.530. The van der Waals surface area contributed by atoms with E-state index in [2.05, 4.69) is 62.3 Å². The van der Waals surface area contributed by atoms with E-state index in [1.165, 1.54) is 9.13 Å². The third kappa shape index (κ3) is 4.04. The lowest BCUT2D eigenvalue weighted by Crippen LogP contribution is -2.00. The first-order valence-corrected chi connectivity index (χ1v) is 7.72. The van der Waals surface area contributed by atoms with Crippen molar-refractivity contribution < 1.29 is 4.52 Å². The number of anilines is 1. The normalized spacial score (nSPS) is 10.5. The summed E-state index contributed by atoms with van der Waals surface area (Å²) >= 11 is 2.28. The highest BCUT2D eigenvalue weighted by atomic mass is 127. The van der Waals surface area contributed by atoms with Gasteiger partial charge in [0.25, 0.3) is 0 Å². The molecular weight excluding hydrogens is 377 g/mol. The van der Waals surface area contributed by atoms with Crippen LogP contribution in [0.25, 0.3) is 0 Å². The maximum absolute atomic E-state index is 5.26. The summed E-state index contributed by atoms with van der Waals surface area (Å²) in [5, 5.41) is 7.28. The SMILES string of the molecule is Ic1ccc(NCc2nc(Cc3ccccc3)no2)cc1. The Hall–Kier alpha value is -1.89. The van der Waals surface area contributed by atoms with Crippen LogP contribution in [0.2, 0.25) is 0 Å². The molecule has 0 saturated heterocycles. The third-order valence-electron chi connectivity index (χ3n) is 3.00. The summed E-state index contributed by atoms with van der Waals surface area (Å²) in [5.41, 5.74) is 2.22. The molecule has 3 rings (SSSR count). The first-order chi connectivity index (χ1) is 10.3. The Balaban J connectivity index is 1.59. The quantitative estimate of drug-likeness (QED) is 0.671. The van der Waals surface area contributed by atoms with Crippen LogP contribution in [0.3, 0.4) is 0 Å². The molecule has 1 aromatic heterocycles. The van der Waals surface area contributed by atoms with Crippen LogP contribution in [0.4, 0.5) is 5.69 Å². The second-order valence-corrected chi connectivity index (χ2v) is 5.87. The van der Waals surface area contributed by atoms with Crippen molar-refractivity contribution >= 4 is 28.3 Å². The predicted molar refractivity (Wildman–Crippen MR) is 90.0 cm³/mol. The summed E-state index contributed by atoms with van der Waals surface area (Å²) in [6.45, 7) is 0.530. The molecule has 21 heavy (non-hydrogen) atoms. The molecule has 0 unspecified atom stereocenters. The number of nitrogens with zero attached hydrogens (tertiary/aromatic N) is 2. The summed E-state index contributed by atoms with van der Waals surface area (Å²) < 4.78 is 6.47. The number of benzene rings is 2. The lowest BCUT2D eigenvalue weighted by Gasteiger charge is -2.02. The van der Waals surface area contributed by atoms with Crippen molar-refractivity contribution in [3.63, 3.8) is 0 Å². The Morgan fingerprint density at radius 2 is 1.76 bits per heavy atom. The summed E-state index contributed by atoms with van der Waals surface area (Å²) in [7, 11) is 0. The number of aromatic nitrogens is 2. The molecule has 0 amide bonds. The summed E-state index contributed by atoms with van der Waals surface area (Å²) in [5.74, 6) is 1.31. The number of halogens is 1. The fourth-order valence-electron chi connectivity index (χ4n) is 1.96. The smallest absolute Gasteiger partial charge is 0.245 e. The van der Waals surface area contributed by atoms with Gasteiger partial charge < -0.3 is 9.84 Å². The van der Waals surface area contributed by atoms with Gasteiger partial charge in [-0.05, 0) is 52.4 Å². The average molecular weight is 391 g/mol. The highest BCUT2D eigenvalue weighted by Gasteiger charge is 2.06. The second kappa shape index (κ2) is 6.71. The molecule has 0 bridgehead atoms. The molecule has 2 aromatic carbocycles. The molecule has 0 aliphatic carbocycles. The molecule has 5 heteroatoms. The predicted octanol–water partition coefficient (Wildman–Crippen LogP) is 3.88. The van der Waals surface area contributed by atoms with E-state index < -0.39 is 0 Å². The molecule has 0 saturated carbocycles. The van der Waals surface area contributed by atoms with Crippen LogP contribution in [0.1, 0.15) is 17.3 Å². The highest BCUT2D eigenvalue weighted by molar-refractivity contribution is 14.1. The van der Waals surface area contributed by atoms with Crippen molar-refractivity contribution in [2.24, 2.45) is 0 Å². The summed E-state index contributed by atoms with van der Waals surface area (Å²) in [4.78, 5) is 4.40. The zero-order valence-electron chi connectivity index (χ0n) is 11.3. The molecule has 4 nitrogen and oxygen atoms in total. The van der Waals surface area contributed by atoms with E-state index in [1.807, 2.05) is 30.3 Å². The van der Waals surface area contributed by atoms with E-state index >= 15 is 0 Å². The van der Waals surface area contributed by atoms with Gasteiger partial charge in [-0.3, -0.25) is 0 Å². The van der Waals surface area contributed by atoms with Gasteiger partial charge in [-0.2, -0.15) is 4.98 Å². The molecule has 1 heterocycles. The van der Waals surface area contributed by atoms with E-state index in [0.29, 0.717) is 24.7 Å². The van der Waals surface area contributed by atoms with E-state index in [0.717, 1.165) is 5.69 Å². The standard InChI is InChI=1S/C16H14IN3O/c17-13-6-8-14(9-7-13)18-11-16-19-15(20-21-16)10-12-4-2-1-3-5-12/h1-9,18H,10-11H2. The van der Waals surface area contributed by atoms with Crippen LogP contribution < -0.4 is 5.32 Å². The topological polar surface area (TPSA) is 51.0 Å². The fraction of sp³-hybridized carbons (Fsp3) is 0.125. The Morgan fingerprint density at radius 3 is 2.52 bits per heavy atom. The molecule has 0 radical (unpaired) electrons. The number of hydrogen-bond acceptors (Lipinski definition) is 4. The summed E-state index contributed by atoms with van der Waals surface area (Å²) in [6, 6.07) is 18.3. The highest BCUT2D eigenvalue weighted by Crippen LogP contribution is 2.12. The molecule has 0 aliphatic rings. The van der Waals surface area contributed by atoms with Crippen LogP contribution in [-0.2, 0) is 13.0 Å². The number of nitrogens with one attached hydrogen (secondary N) is 1. The average Bonchev–Trinajstić information content (AvgIpc) is 2.95. The molecule has 0 atom stereocenters. The molecule has 0 fully saturated rings. The van der Waals surface area contributed by atoms with Gasteiger partial charge in [0.15, 0.2) is 5.82 Å². The number of rotatable bonds is 5. The van der Waals surface area contributed by atoms with Gasteiger partial charge >= 0.3 is 0 Å². The zero-order valence-corrected chi connectivity index (χ0v) is 13.4. The molecule has 0 aliphatic heterocycles. The Morgan fingerprint density at radius 1 is 1.00 bits per heavy atom. The van der Waals surface area contributed by atoms with Gasteiger partial charge in [0.05, 0.1) is 6.54 Å². The van der Waals surface area contributed by atoms with Crippen molar-refractivity contribution in [3.05, 3.63) is 75.4 Å². The van der Waals surface area contributed by atoms with Crippen LogP contribution in [-0.4, -0.2) is 10.1 Å². The van der Waals surface area contributed by atoms with E-state index in [-0.39, 0.29) is 0 Å². The molecular formula is C16H14IN3O. The fourth-order valence-corrected chi connectivity index (χ4v) is 2.32. The van der Waals surface area contributed by atoms with Crippen LogP contribution in [0, 0.1) is 3.57 Å². The van der Waals surface area contributed by atoms with Gasteiger partial charge in [-0.15, -0.1) is 0 Å². The summed E-state index contributed by atoms with van der Waals surface area (Å²) in [6.07, 6.45) is 0.688. The van der Waals surface area contributed by atoms with E-state index in [4.69, 9.17) is 4.52 Å². The second-order valence-electron chi connectivity index (χ2n) is 4.63. The van der Waals surface area contributed by atoms with Crippen molar-refractivity contribution in [2.45, 2.75) is 13.0 Å². The third-order valence-corrected chi connectivity index (χ3v) is 3.72. The van der Waals surface area contributed by atoms with Crippen molar-refractivity contribution in [1.29, 1.82) is 0 Å². The first kappa shape index (κ1) is 14.1. The molecule has 0 spiro atoms. The van der Waals surface area contributed by atoms with Gasteiger partial charge in [-0.1, -0.05) is 35.5 Å². The Bertz CT molecular complexity index is 695. The van der Waals surface area contributed by atoms with Gasteiger partial charge in [0.2, 0.25) is 5.89 Å². The van der Waals surface area contributed by atoms with E-state index in [1.54, 1.807) is 0 Å². The van der Waals surface area contributed by atoms with Crippen molar-refractivity contribution in [3.8, 4) is 0 Å². The minimum Gasteiger partial charge on any atom is -0.376 e. The maximum atomic E-state index is 5.26. The van der Waals surface area contributed by atoms with Crippen LogP contribution in [0.15, 0.2) is 59.1 Å². The van der Waals surface area contributed by atoms with Gasteiger partial charge in [0, 0.05) is 15.7 Å². The largest absolute Gasteiger partial charge is 0.376 e. The van der Waals surface area contributed by atoms with Crippen LogP contribution in [0.5, 0.6) is 0 Å². The minimum atomic E-state index is 0.530.